The van der Waals surface area contributed by atoms with E-state index in [1.165, 1.54) is 0 Å². The van der Waals surface area contributed by atoms with Gasteiger partial charge in [0.2, 0.25) is 0 Å². The Kier molecular flexibility index (Phi) is 5.62. The quantitative estimate of drug-likeness (QED) is 0.615. The summed E-state index contributed by atoms with van der Waals surface area (Å²) in [6.45, 7) is 1.83. The lowest BCUT2D eigenvalue weighted by Crippen LogP contribution is -2.63. The zero-order valence-corrected chi connectivity index (χ0v) is 16.1. The molecule has 0 bridgehead atoms. The maximum absolute atomic E-state index is 13.0. The highest BCUT2D eigenvalue weighted by atomic mass is 16.3. The molecule has 0 aromatic heterocycles. The number of carbonyl (C=O) groups is 2. The Morgan fingerprint density at radius 1 is 0.759 bits per heavy atom. The Hall–Kier alpha value is -2.74. The van der Waals surface area contributed by atoms with Crippen molar-refractivity contribution in [3.63, 3.8) is 0 Å². The lowest BCUT2D eigenvalue weighted by atomic mass is 10.0. The van der Waals surface area contributed by atoms with Crippen LogP contribution in [-0.4, -0.2) is 57.0 Å². The zero-order chi connectivity index (χ0) is 20.4. The molecule has 2 amide bonds. The number of rotatable bonds is 6. The van der Waals surface area contributed by atoms with Gasteiger partial charge in [-0.15, -0.1) is 0 Å². The Labute approximate surface area is 169 Å². The van der Waals surface area contributed by atoms with Crippen molar-refractivity contribution in [2.24, 2.45) is 0 Å². The highest BCUT2D eigenvalue weighted by Crippen LogP contribution is 2.26. The van der Waals surface area contributed by atoms with Crippen molar-refractivity contribution in [3.05, 3.63) is 70.8 Å². The molecule has 2 aromatic carbocycles. The number of hydrogen-bond donors (Lipinski definition) is 3. The number of aliphatic hydroxyl groups excluding tert-OH is 2. The first kappa shape index (κ1) is 19.6. The van der Waals surface area contributed by atoms with Crippen molar-refractivity contribution >= 4 is 11.8 Å². The van der Waals surface area contributed by atoms with Crippen LogP contribution in [0, 0.1) is 0 Å². The lowest BCUT2D eigenvalue weighted by molar-refractivity contribution is -0.162. The minimum absolute atomic E-state index is 0.0605. The van der Waals surface area contributed by atoms with Gasteiger partial charge in [-0.25, -0.2) is 0 Å². The van der Waals surface area contributed by atoms with Crippen molar-refractivity contribution in [3.8, 4) is 0 Å². The zero-order valence-electron chi connectivity index (χ0n) is 16.1. The minimum atomic E-state index is -0.498. The van der Waals surface area contributed by atoms with Gasteiger partial charge in [0.05, 0.1) is 25.3 Å². The van der Waals surface area contributed by atoms with E-state index >= 15 is 0 Å². The molecular weight excluding hydrogens is 370 g/mol. The largest absolute Gasteiger partial charge is 0.392 e. The molecule has 0 aliphatic carbocycles. The minimum Gasteiger partial charge on any atom is -0.392 e. The smallest absolute Gasteiger partial charge is 0.312 e. The monoisotopic (exact) mass is 395 g/mol. The van der Waals surface area contributed by atoms with Crippen LogP contribution in [0.3, 0.4) is 0 Å². The molecular formula is C22H25N3O4. The fourth-order valence-corrected chi connectivity index (χ4v) is 4.26. The first-order valence-electron chi connectivity index (χ1n) is 9.80. The van der Waals surface area contributed by atoms with Gasteiger partial charge in [0.25, 0.3) is 0 Å². The third kappa shape index (κ3) is 3.89. The molecule has 2 aliphatic rings. The van der Waals surface area contributed by atoms with Gasteiger partial charge >= 0.3 is 11.8 Å². The number of nitrogens with one attached hydrogen (secondary N) is 1. The van der Waals surface area contributed by atoms with Crippen molar-refractivity contribution < 1.29 is 19.8 Å². The third-order valence-corrected chi connectivity index (χ3v) is 5.71. The highest BCUT2D eigenvalue weighted by Gasteiger charge is 2.47. The maximum atomic E-state index is 13.0. The van der Waals surface area contributed by atoms with E-state index in [1.807, 2.05) is 48.5 Å². The summed E-state index contributed by atoms with van der Waals surface area (Å²) in [5.41, 5.74) is 3.36. The van der Waals surface area contributed by atoms with Crippen LogP contribution in [0.25, 0.3) is 0 Å². The summed E-state index contributed by atoms with van der Waals surface area (Å²) < 4.78 is 0. The number of aliphatic hydroxyl groups is 2. The molecule has 2 atom stereocenters. The van der Waals surface area contributed by atoms with E-state index in [4.69, 9.17) is 0 Å². The number of fused-ring (bicyclic) bond motifs is 1. The summed E-state index contributed by atoms with van der Waals surface area (Å²) in [6.07, 6.45) is 0. The molecule has 152 valence electrons. The average Bonchev–Trinajstić information content (AvgIpc) is 3.24. The summed E-state index contributed by atoms with van der Waals surface area (Å²) in [4.78, 5) is 29.2. The fraction of sp³-hybridized carbons (Fsp3) is 0.364. The number of piperazine rings is 1. The third-order valence-electron chi connectivity index (χ3n) is 5.71. The van der Waals surface area contributed by atoms with E-state index in [0.717, 1.165) is 22.3 Å². The lowest BCUT2D eigenvalue weighted by Gasteiger charge is -2.43. The van der Waals surface area contributed by atoms with E-state index in [9.17, 15) is 19.8 Å². The van der Waals surface area contributed by atoms with Crippen molar-refractivity contribution in [1.82, 2.24) is 15.1 Å². The Morgan fingerprint density at radius 2 is 1.17 bits per heavy atom. The average molecular weight is 395 g/mol. The van der Waals surface area contributed by atoms with E-state index in [1.54, 1.807) is 9.80 Å². The molecule has 3 N–H and O–H groups in total. The van der Waals surface area contributed by atoms with Crippen molar-refractivity contribution in [2.45, 2.75) is 38.4 Å². The molecule has 0 radical (unpaired) electrons. The molecule has 2 heterocycles. The van der Waals surface area contributed by atoms with Gasteiger partial charge in [-0.05, 0) is 22.3 Å². The van der Waals surface area contributed by atoms with Crippen LogP contribution in [0.15, 0.2) is 48.5 Å². The van der Waals surface area contributed by atoms with Crippen molar-refractivity contribution in [2.75, 3.05) is 13.1 Å². The summed E-state index contributed by atoms with van der Waals surface area (Å²) >= 11 is 0. The van der Waals surface area contributed by atoms with Crippen molar-refractivity contribution in [1.29, 1.82) is 0 Å². The van der Waals surface area contributed by atoms with Crippen LogP contribution in [-0.2, 0) is 35.9 Å². The predicted molar refractivity (Wildman–Crippen MR) is 106 cm³/mol. The van der Waals surface area contributed by atoms with Gasteiger partial charge in [0.15, 0.2) is 0 Å². The highest BCUT2D eigenvalue weighted by molar-refractivity contribution is 6.35. The van der Waals surface area contributed by atoms with Gasteiger partial charge in [-0.3, -0.25) is 9.59 Å². The maximum Gasteiger partial charge on any atom is 0.312 e. The molecule has 2 fully saturated rings. The molecule has 0 saturated carbocycles. The Balaban J connectivity index is 1.56. The SMILES string of the molecule is O=C1C(=O)N(Cc2cccc(CO)c2)[C@H]2CNC[C@@H]2N1Cc1cccc(CO)c1. The molecule has 7 heteroatoms. The summed E-state index contributed by atoms with van der Waals surface area (Å²) in [5.74, 6) is -0.995. The van der Waals surface area contributed by atoms with Crippen LogP contribution in [0.4, 0.5) is 0 Å². The number of amides is 2. The second kappa shape index (κ2) is 8.32. The Bertz CT molecular complexity index is 843. The second-order valence-electron chi connectivity index (χ2n) is 7.62. The van der Waals surface area contributed by atoms with E-state index < -0.39 is 11.8 Å². The first-order valence-corrected chi connectivity index (χ1v) is 9.80. The van der Waals surface area contributed by atoms with E-state index in [2.05, 4.69) is 5.32 Å². The fourth-order valence-electron chi connectivity index (χ4n) is 4.26. The van der Waals surface area contributed by atoms with Crippen LogP contribution >= 0.6 is 0 Å². The number of benzene rings is 2. The van der Waals surface area contributed by atoms with Gasteiger partial charge in [-0.1, -0.05) is 48.5 Å². The van der Waals surface area contributed by atoms with Gasteiger partial charge in [0, 0.05) is 26.2 Å². The normalized spacial score (nSPS) is 21.6. The van der Waals surface area contributed by atoms with Crippen LogP contribution in [0.1, 0.15) is 22.3 Å². The van der Waals surface area contributed by atoms with Crippen LogP contribution in [0.2, 0.25) is 0 Å². The van der Waals surface area contributed by atoms with Gasteiger partial charge in [-0.2, -0.15) is 0 Å². The molecule has 0 spiro atoms. The van der Waals surface area contributed by atoms with Crippen LogP contribution in [0.5, 0.6) is 0 Å². The van der Waals surface area contributed by atoms with Crippen LogP contribution < -0.4 is 5.32 Å². The van der Waals surface area contributed by atoms with E-state index in [-0.39, 0.29) is 25.3 Å². The topological polar surface area (TPSA) is 93.1 Å². The van der Waals surface area contributed by atoms with Gasteiger partial charge in [0.1, 0.15) is 0 Å². The van der Waals surface area contributed by atoms with E-state index in [0.29, 0.717) is 26.2 Å². The second-order valence-corrected chi connectivity index (χ2v) is 7.62. The number of hydrogen-bond acceptors (Lipinski definition) is 5. The summed E-state index contributed by atoms with van der Waals surface area (Å²) in [7, 11) is 0. The molecule has 0 unspecified atom stereocenters. The molecule has 4 rings (SSSR count). The molecule has 2 saturated heterocycles. The Morgan fingerprint density at radius 3 is 1.59 bits per heavy atom. The molecule has 29 heavy (non-hydrogen) atoms. The molecule has 7 nitrogen and oxygen atoms in total. The molecule has 2 aliphatic heterocycles. The van der Waals surface area contributed by atoms with Gasteiger partial charge < -0.3 is 25.3 Å². The summed E-state index contributed by atoms with van der Waals surface area (Å²) in [6, 6.07) is 14.7. The standard InChI is InChI=1S/C22H25N3O4/c26-13-17-5-1-3-15(7-17)11-24-19-9-23-10-20(19)25(22(29)21(24)28)12-16-4-2-6-18(8-16)14-27/h1-8,19-20,23,26-27H,9-14H2/t19-,20-/m0/s1. The predicted octanol–water partition coefficient (Wildman–Crippen LogP) is 0.383. The number of nitrogens with zero attached hydrogens (tertiary/aromatic N) is 2. The molecule has 2 aromatic rings. The number of carbonyl (C=O) groups excluding carboxylic acids is 2. The first-order chi connectivity index (χ1) is 14.1. The summed E-state index contributed by atoms with van der Waals surface area (Å²) in [5, 5.41) is 22.0.